The Labute approximate surface area is 248 Å². The lowest BCUT2D eigenvalue weighted by Gasteiger charge is -2.33. The number of nitrogens with zero attached hydrogens (tertiary/aromatic N) is 1. The second-order valence-electron chi connectivity index (χ2n) is 8.46. The monoisotopic (exact) mass is 609 g/mol. The third-order valence-electron chi connectivity index (χ3n) is 5.83. The zero-order valence-corrected chi connectivity index (χ0v) is 24.6. The Balaban J connectivity index is 0.00000145. The normalized spacial score (nSPS) is 14.0. The molecule has 3 amide bonds. The van der Waals surface area contributed by atoms with Gasteiger partial charge < -0.3 is 25.1 Å². The van der Waals surface area contributed by atoms with E-state index < -0.39 is 47.4 Å². The van der Waals surface area contributed by atoms with Gasteiger partial charge in [-0.15, -0.1) is 13.2 Å². The van der Waals surface area contributed by atoms with Crippen LogP contribution in [-0.2, 0) is 9.59 Å². The molecular formula is C31H36F5N3O4. The fraction of sp³-hybridized carbons (Fsp3) is 0.323. The van der Waals surface area contributed by atoms with Crippen molar-refractivity contribution >= 4 is 30.1 Å². The highest BCUT2D eigenvalue weighted by atomic mass is 19.4. The summed E-state index contributed by atoms with van der Waals surface area (Å²) in [7, 11) is 0. The van der Waals surface area contributed by atoms with Crippen LogP contribution in [0.3, 0.4) is 0 Å². The number of aryl methyl sites for hydroxylation is 1. The molecule has 3 aromatic carbocycles. The first-order valence-electron chi connectivity index (χ1n) is 13.6. The summed E-state index contributed by atoms with van der Waals surface area (Å²) in [5.41, 5.74) is 1.49. The predicted octanol–water partition coefficient (Wildman–Crippen LogP) is 8.02. The Morgan fingerprint density at radius 2 is 1.51 bits per heavy atom. The molecule has 234 valence electrons. The number of alkyl halides is 3. The third kappa shape index (κ3) is 10.4. The number of carbonyl (C=O) groups is 3. The van der Waals surface area contributed by atoms with E-state index in [2.05, 4.69) is 15.4 Å². The van der Waals surface area contributed by atoms with E-state index in [1.54, 1.807) is 12.1 Å². The quantitative estimate of drug-likeness (QED) is 0.287. The van der Waals surface area contributed by atoms with E-state index in [1.165, 1.54) is 24.3 Å². The maximum absolute atomic E-state index is 15.1. The Kier molecular flexibility index (Phi) is 14.8. The summed E-state index contributed by atoms with van der Waals surface area (Å²) in [6.07, 6.45) is -4.23. The first-order valence-corrected chi connectivity index (χ1v) is 13.6. The minimum Gasteiger partial charge on any atom is -0.406 e. The summed E-state index contributed by atoms with van der Waals surface area (Å²) >= 11 is 0. The van der Waals surface area contributed by atoms with Crippen LogP contribution in [0, 0.1) is 18.6 Å². The van der Waals surface area contributed by atoms with E-state index in [0.717, 1.165) is 22.6 Å². The second kappa shape index (κ2) is 17.5. The first kappa shape index (κ1) is 36.5. The molecule has 0 radical (unpaired) electrons. The fourth-order valence-corrected chi connectivity index (χ4v) is 4.17. The van der Waals surface area contributed by atoms with Crippen molar-refractivity contribution in [1.29, 1.82) is 0 Å². The van der Waals surface area contributed by atoms with Crippen molar-refractivity contribution in [2.24, 2.45) is 0 Å². The van der Waals surface area contributed by atoms with E-state index in [9.17, 15) is 22.8 Å². The molecule has 1 fully saturated rings. The van der Waals surface area contributed by atoms with Crippen molar-refractivity contribution < 1.29 is 41.1 Å². The van der Waals surface area contributed by atoms with Gasteiger partial charge in [0.1, 0.15) is 24.3 Å². The van der Waals surface area contributed by atoms with Crippen molar-refractivity contribution in [3.63, 3.8) is 0 Å². The van der Waals surface area contributed by atoms with Gasteiger partial charge in [-0.25, -0.2) is 13.6 Å². The van der Waals surface area contributed by atoms with Gasteiger partial charge in [-0.2, -0.15) is 0 Å². The lowest BCUT2D eigenvalue weighted by Crippen LogP contribution is -2.53. The molecule has 1 heterocycles. The molecule has 7 nitrogen and oxygen atoms in total. The minimum absolute atomic E-state index is 0.0663. The maximum atomic E-state index is 15.1. The Hall–Kier alpha value is -4.48. The van der Waals surface area contributed by atoms with Crippen molar-refractivity contribution in [3.8, 4) is 16.9 Å². The Morgan fingerprint density at radius 1 is 0.953 bits per heavy atom. The maximum Gasteiger partial charge on any atom is 0.573 e. The van der Waals surface area contributed by atoms with Gasteiger partial charge >= 0.3 is 12.4 Å². The highest BCUT2D eigenvalue weighted by molar-refractivity contribution is 6.01. The zero-order chi connectivity index (χ0) is 32.7. The van der Waals surface area contributed by atoms with Crippen LogP contribution in [0.25, 0.3) is 11.1 Å². The number of hydrogen-bond donors (Lipinski definition) is 2. The topological polar surface area (TPSA) is 87.7 Å². The molecule has 1 aliphatic rings. The Bertz CT molecular complexity index is 1310. The summed E-state index contributed by atoms with van der Waals surface area (Å²) in [5.74, 6) is -2.96. The molecule has 0 bridgehead atoms. The summed E-state index contributed by atoms with van der Waals surface area (Å²) in [5, 5.41) is 4.86. The molecule has 3 aromatic rings. The number of hydrogen-bond acceptors (Lipinski definition) is 4. The summed E-state index contributed by atoms with van der Waals surface area (Å²) in [6, 6.07) is 12.0. The Morgan fingerprint density at radius 3 is 2.05 bits per heavy atom. The van der Waals surface area contributed by atoms with Gasteiger partial charge in [-0.3, -0.25) is 4.79 Å². The molecule has 0 spiro atoms. The number of benzene rings is 3. The van der Waals surface area contributed by atoms with E-state index in [-0.39, 0.29) is 18.7 Å². The fourth-order valence-electron chi connectivity index (χ4n) is 4.17. The largest absolute Gasteiger partial charge is 0.573 e. The number of amides is 3. The smallest absolute Gasteiger partial charge is 0.406 e. The summed E-state index contributed by atoms with van der Waals surface area (Å²) in [4.78, 5) is 34.4. The van der Waals surface area contributed by atoms with Crippen LogP contribution in [0.2, 0.25) is 0 Å². The first-order chi connectivity index (χ1) is 20.5. The number of carbonyl (C=O) groups excluding carboxylic acids is 3. The van der Waals surface area contributed by atoms with Gasteiger partial charge in [0.25, 0.3) is 0 Å². The van der Waals surface area contributed by atoms with E-state index in [1.807, 2.05) is 53.5 Å². The molecule has 1 saturated heterocycles. The lowest BCUT2D eigenvalue weighted by molar-refractivity contribution is -0.274. The van der Waals surface area contributed by atoms with Crippen LogP contribution in [0.5, 0.6) is 5.75 Å². The van der Waals surface area contributed by atoms with Crippen LogP contribution >= 0.6 is 0 Å². The van der Waals surface area contributed by atoms with Crippen LogP contribution in [0.15, 0.2) is 60.7 Å². The van der Waals surface area contributed by atoms with Gasteiger partial charge in [0.05, 0.1) is 0 Å². The van der Waals surface area contributed by atoms with Crippen LogP contribution in [0.1, 0.15) is 46.1 Å². The van der Waals surface area contributed by atoms with Gasteiger partial charge in [0.2, 0.25) is 5.91 Å². The molecule has 1 aliphatic heterocycles. The number of rotatable bonds is 5. The van der Waals surface area contributed by atoms with Crippen LogP contribution in [0.4, 0.5) is 38.1 Å². The number of nitrogens with one attached hydrogen (secondary N) is 2. The molecule has 43 heavy (non-hydrogen) atoms. The highest BCUT2D eigenvalue weighted by Crippen LogP contribution is 2.33. The number of anilines is 2. The van der Waals surface area contributed by atoms with Crippen LogP contribution in [-0.4, -0.2) is 37.7 Å². The van der Waals surface area contributed by atoms with E-state index >= 15 is 8.78 Å². The van der Waals surface area contributed by atoms with Crippen molar-refractivity contribution in [2.75, 3.05) is 16.8 Å². The molecule has 4 rings (SSSR count). The van der Waals surface area contributed by atoms with Crippen molar-refractivity contribution in [1.82, 2.24) is 5.32 Å². The average Bonchev–Trinajstić information content (AvgIpc) is 2.98. The molecule has 1 unspecified atom stereocenters. The molecule has 12 heteroatoms. The van der Waals surface area contributed by atoms with Gasteiger partial charge in [0.15, 0.2) is 11.6 Å². The highest BCUT2D eigenvalue weighted by Gasteiger charge is 2.34. The van der Waals surface area contributed by atoms with Crippen molar-refractivity contribution in [2.45, 2.75) is 59.9 Å². The SMILES string of the molecule is C=O.CC.CC.Cc1ccccc1-c1cc(F)c(N2CCCC(NC(=O)Nc3ccc(OC(F)(F)F)cc3)C2=O)c(F)c1. The molecule has 0 aromatic heterocycles. The third-order valence-corrected chi connectivity index (χ3v) is 5.83. The molecular weight excluding hydrogens is 573 g/mol. The van der Waals surface area contributed by atoms with E-state index in [4.69, 9.17) is 4.79 Å². The molecule has 2 N–H and O–H groups in total. The zero-order valence-electron chi connectivity index (χ0n) is 24.6. The van der Waals surface area contributed by atoms with Crippen LogP contribution < -0.4 is 20.3 Å². The predicted molar refractivity (Wildman–Crippen MR) is 157 cm³/mol. The summed E-state index contributed by atoms with van der Waals surface area (Å²) < 4.78 is 70.8. The lowest BCUT2D eigenvalue weighted by atomic mass is 9.98. The van der Waals surface area contributed by atoms with E-state index in [0.29, 0.717) is 17.5 Å². The van der Waals surface area contributed by atoms with Crippen molar-refractivity contribution in [3.05, 3.63) is 77.9 Å². The average molecular weight is 610 g/mol. The second-order valence-corrected chi connectivity index (χ2v) is 8.46. The van der Waals surface area contributed by atoms with Gasteiger partial charge in [-0.05, 0) is 72.9 Å². The molecule has 0 saturated carbocycles. The standard InChI is InChI=1S/C26H22F5N3O3.2C2H6.CH2O/c1-15-5-2-3-6-19(15)16-13-20(27)23(21(28)14-16)34-12-4-7-22(24(34)35)33-25(36)32-17-8-10-18(11-9-17)37-26(29,30)31;3*1-2/h2-3,5-6,8-11,13-14,22H,4,7,12H2,1H3,(H2,32,33,36);2*1-2H3;1H2. The minimum atomic E-state index is -4.85. The number of halogens is 5. The number of piperidine rings is 1. The molecule has 1 atom stereocenters. The number of ether oxygens (including phenoxy) is 1. The summed E-state index contributed by atoms with van der Waals surface area (Å²) in [6.45, 7) is 11.9. The number of urea groups is 1. The van der Waals surface area contributed by atoms with Gasteiger partial charge in [0, 0.05) is 12.2 Å². The molecule has 0 aliphatic carbocycles. The van der Waals surface area contributed by atoms with Gasteiger partial charge in [-0.1, -0.05) is 52.0 Å².